The third kappa shape index (κ3) is 3.69. The Bertz CT molecular complexity index is 406. The highest BCUT2D eigenvalue weighted by Gasteiger charge is 2.09. The van der Waals surface area contributed by atoms with Gasteiger partial charge in [-0.05, 0) is 17.7 Å². The third-order valence-electron chi connectivity index (χ3n) is 1.34. The standard InChI is InChI=1S/C7H8FNO4S/c8-14(10,11)13-7-3-1-2-6(4-7)5-12-9/h1-4H,5,9H2. The second-order valence-electron chi connectivity index (χ2n) is 2.43. The molecule has 78 valence electrons. The van der Waals surface area contributed by atoms with Crippen LogP contribution in [0.25, 0.3) is 0 Å². The lowest BCUT2D eigenvalue weighted by Crippen LogP contribution is -2.02. The van der Waals surface area contributed by atoms with Gasteiger partial charge < -0.3 is 4.18 Å². The summed E-state index contributed by atoms with van der Waals surface area (Å²) in [5.41, 5.74) is 0.577. The molecule has 0 aliphatic carbocycles. The summed E-state index contributed by atoms with van der Waals surface area (Å²) in [4.78, 5) is 4.31. The molecule has 0 bridgehead atoms. The van der Waals surface area contributed by atoms with Gasteiger partial charge in [0.1, 0.15) is 5.75 Å². The summed E-state index contributed by atoms with van der Waals surface area (Å²) in [7, 11) is -4.98. The number of benzene rings is 1. The van der Waals surface area contributed by atoms with Crippen LogP contribution in [-0.4, -0.2) is 8.42 Å². The Morgan fingerprint density at radius 1 is 1.43 bits per heavy atom. The molecular formula is C7H8FNO4S. The highest BCUT2D eigenvalue weighted by Crippen LogP contribution is 2.16. The molecule has 0 saturated carbocycles. The third-order valence-corrected chi connectivity index (χ3v) is 1.74. The van der Waals surface area contributed by atoms with Crippen LogP contribution in [0.3, 0.4) is 0 Å². The minimum absolute atomic E-state index is 0.0868. The van der Waals surface area contributed by atoms with Crippen LogP contribution in [0, 0.1) is 0 Å². The van der Waals surface area contributed by atoms with Gasteiger partial charge >= 0.3 is 10.5 Å². The Kier molecular flexibility index (Phi) is 3.39. The molecule has 1 aromatic carbocycles. The molecule has 7 heteroatoms. The van der Waals surface area contributed by atoms with Crippen LogP contribution in [0.4, 0.5) is 3.89 Å². The van der Waals surface area contributed by atoms with Gasteiger partial charge in [0.25, 0.3) is 0 Å². The van der Waals surface area contributed by atoms with Crippen molar-refractivity contribution in [2.75, 3.05) is 0 Å². The summed E-state index contributed by atoms with van der Waals surface area (Å²) in [5.74, 6) is 4.68. The Balaban J connectivity index is 2.83. The van der Waals surface area contributed by atoms with Gasteiger partial charge in [-0.1, -0.05) is 16.0 Å². The average Bonchev–Trinajstić information content (AvgIpc) is 2.02. The first kappa shape index (κ1) is 10.9. The Morgan fingerprint density at radius 2 is 2.14 bits per heavy atom. The maximum Gasteiger partial charge on any atom is 0.488 e. The largest absolute Gasteiger partial charge is 0.488 e. The van der Waals surface area contributed by atoms with Gasteiger partial charge in [0.2, 0.25) is 0 Å². The van der Waals surface area contributed by atoms with E-state index < -0.39 is 10.5 Å². The van der Waals surface area contributed by atoms with Crippen LogP contribution in [0.2, 0.25) is 0 Å². The molecule has 5 nitrogen and oxygen atoms in total. The maximum absolute atomic E-state index is 12.1. The van der Waals surface area contributed by atoms with E-state index >= 15 is 0 Å². The average molecular weight is 221 g/mol. The fraction of sp³-hybridized carbons (Fsp3) is 0.143. The van der Waals surface area contributed by atoms with Crippen molar-refractivity contribution in [3.05, 3.63) is 29.8 Å². The van der Waals surface area contributed by atoms with E-state index in [-0.39, 0.29) is 12.4 Å². The summed E-state index contributed by atoms with van der Waals surface area (Å²) < 4.78 is 36.3. The van der Waals surface area contributed by atoms with Gasteiger partial charge in [0.05, 0.1) is 6.61 Å². The highest BCUT2D eigenvalue weighted by atomic mass is 32.3. The molecule has 0 atom stereocenters. The molecule has 0 unspecified atom stereocenters. The SMILES string of the molecule is NOCc1cccc(OS(=O)(=O)F)c1. The van der Waals surface area contributed by atoms with Crippen molar-refractivity contribution in [1.29, 1.82) is 0 Å². The Hall–Kier alpha value is -1.18. The zero-order valence-electron chi connectivity index (χ0n) is 7.01. The molecule has 1 rings (SSSR count). The van der Waals surface area contributed by atoms with Crippen LogP contribution in [0.5, 0.6) is 5.75 Å². The van der Waals surface area contributed by atoms with E-state index in [0.717, 1.165) is 0 Å². The molecule has 0 aliphatic heterocycles. The molecule has 0 saturated heterocycles. The van der Waals surface area contributed by atoms with E-state index in [1.54, 1.807) is 6.07 Å². The number of halogens is 1. The van der Waals surface area contributed by atoms with E-state index in [1.807, 2.05) is 0 Å². The quantitative estimate of drug-likeness (QED) is 0.597. The fourth-order valence-corrected chi connectivity index (χ4v) is 1.23. The topological polar surface area (TPSA) is 78.6 Å². The Morgan fingerprint density at radius 3 is 2.71 bits per heavy atom. The first-order valence-corrected chi connectivity index (χ1v) is 4.87. The monoisotopic (exact) mass is 221 g/mol. The Labute approximate surface area is 80.6 Å². The van der Waals surface area contributed by atoms with Gasteiger partial charge in [-0.25, -0.2) is 5.90 Å². The van der Waals surface area contributed by atoms with Crippen molar-refractivity contribution < 1.29 is 21.3 Å². The van der Waals surface area contributed by atoms with Crippen LogP contribution < -0.4 is 10.1 Å². The van der Waals surface area contributed by atoms with Crippen molar-refractivity contribution in [1.82, 2.24) is 0 Å². The lowest BCUT2D eigenvalue weighted by atomic mass is 10.2. The van der Waals surface area contributed by atoms with Crippen molar-refractivity contribution in [3.8, 4) is 5.75 Å². The summed E-state index contributed by atoms with van der Waals surface area (Å²) in [6.07, 6.45) is 0. The van der Waals surface area contributed by atoms with Crippen LogP contribution >= 0.6 is 0 Å². The first-order chi connectivity index (χ1) is 6.51. The first-order valence-electron chi connectivity index (χ1n) is 3.56. The molecule has 0 amide bonds. The zero-order chi connectivity index (χ0) is 10.6. The minimum atomic E-state index is -4.98. The molecule has 2 N–H and O–H groups in total. The van der Waals surface area contributed by atoms with Gasteiger partial charge in [0, 0.05) is 0 Å². The van der Waals surface area contributed by atoms with Crippen LogP contribution in [-0.2, 0) is 21.9 Å². The van der Waals surface area contributed by atoms with Crippen molar-refractivity contribution in [3.63, 3.8) is 0 Å². The van der Waals surface area contributed by atoms with E-state index in [9.17, 15) is 12.3 Å². The molecular weight excluding hydrogens is 213 g/mol. The molecule has 0 aliphatic rings. The molecule has 0 spiro atoms. The van der Waals surface area contributed by atoms with E-state index in [2.05, 4.69) is 9.02 Å². The predicted molar refractivity (Wildman–Crippen MR) is 46.1 cm³/mol. The fourth-order valence-electron chi connectivity index (χ4n) is 0.898. The van der Waals surface area contributed by atoms with Gasteiger partial charge in [0.15, 0.2) is 0 Å². The molecule has 0 aromatic heterocycles. The molecule has 0 heterocycles. The second kappa shape index (κ2) is 4.36. The van der Waals surface area contributed by atoms with E-state index in [0.29, 0.717) is 5.56 Å². The number of rotatable bonds is 4. The van der Waals surface area contributed by atoms with Crippen molar-refractivity contribution >= 4 is 10.5 Å². The maximum atomic E-state index is 12.1. The lowest BCUT2D eigenvalue weighted by molar-refractivity contribution is 0.124. The zero-order valence-corrected chi connectivity index (χ0v) is 7.83. The van der Waals surface area contributed by atoms with Gasteiger partial charge in [-0.15, -0.1) is 0 Å². The molecule has 14 heavy (non-hydrogen) atoms. The lowest BCUT2D eigenvalue weighted by Gasteiger charge is -2.02. The number of hydrogen-bond acceptors (Lipinski definition) is 5. The normalized spacial score (nSPS) is 11.3. The van der Waals surface area contributed by atoms with Gasteiger partial charge in [-0.2, -0.15) is 8.42 Å². The second-order valence-corrected chi connectivity index (χ2v) is 3.39. The summed E-state index contributed by atoms with van der Waals surface area (Å²) in [6.45, 7) is 0.0868. The summed E-state index contributed by atoms with van der Waals surface area (Å²) >= 11 is 0. The van der Waals surface area contributed by atoms with Crippen LogP contribution in [0.15, 0.2) is 24.3 Å². The molecule has 0 radical (unpaired) electrons. The molecule has 0 fully saturated rings. The minimum Gasteiger partial charge on any atom is -0.358 e. The highest BCUT2D eigenvalue weighted by molar-refractivity contribution is 7.81. The van der Waals surface area contributed by atoms with Gasteiger partial charge in [-0.3, -0.25) is 4.84 Å². The van der Waals surface area contributed by atoms with Crippen molar-refractivity contribution in [2.24, 2.45) is 5.90 Å². The van der Waals surface area contributed by atoms with Crippen molar-refractivity contribution in [2.45, 2.75) is 6.61 Å². The summed E-state index contributed by atoms with van der Waals surface area (Å²) in [5, 5.41) is 0. The van der Waals surface area contributed by atoms with E-state index in [1.165, 1.54) is 18.2 Å². The molecule has 1 aromatic rings. The summed E-state index contributed by atoms with van der Waals surface area (Å²) in [6, 6.07) is 5.74. The van der Waals surface area contributed by atoms with Crippen LogP contribution in [0.1, 0.15) is 5.56 Å². The smallest absolute Gasteiger partial charge is 0.358 e. The number of nitrogens with two attached hydrogens (primary N) is 1. The van der Waals surface area contributed by atoms with E-state index in [4.69, 9.17) is 5.90 Å². The predicted octanol–water partition coefficient (Wildman–Crippen LogP) is 0.670. The number of hydrogen-bond donors (Lipinski definition) is 1.